The molecule has 0 aliphatic carbocycles. The lowest BCUT2D eigenvalue weighted by Crippen LogP contribution is -2.33. The SMILES string of the molecule is CC(=O)C(CC(=O)c1ccccc1CN)C(=O)OC(C)(C)C. The van der Waals surface area contributed by atoms with Gasteiger partial charge in [-0.25, -0.2) is 0 Å². The van der Waals surface area contributed by atoms with Gasteiger partial charge in [-0.3, -0.25) is 14.4 Å². The minimum absolute atomic E-state index is 0.207. The molecule has 0 amide bonds. The molecule has 0 spiro atoms. The maximum atomic E-state index is 12.4. The van der Waals surface area contributed by atoms with Crippen LogP contribution in [0.25, 0.3) is 0 Å². The normalized spacial score (nSPS) is 12.6. The molecule has 0 aliphatic rings. The summed E-state index contributed by atoms with van der Waals surface area (Å²) >= 11 is 0. The number of ketones is 2. The predicted octanol–water partition coefficient (Wildman–Crippen LogP) is 2.27. The zero-order valence-electron chi connectivity index (χ0n) is 13.5. The maximum absolute atomic E-state index is 12.4. The molecule has 1 aromatic rings. The molecule has 1 atom stereocenters. The molecule has 0 heterocycles. The average Bonchev–Trinajstić information content (AvgIpc) is 2.42. The van der Waals surface area contributed by atoms with Crippen LogP contribution in [0.4, 0.5) is 0 Å². The number of hydrogen-bond acceptors (Lipinski definition) is 5. The molecule has 0 aliphatic heterocycles. The van der Waals surface area contributed by atoms with Crippen molar-refractivity contribution >= 4 is 17.5 Å². The second-order valence-corrected chi connectivity index (χ2v) is 6.19. The number of hydrogen-bond donors (Lipinski definition) is 1. The zero-order valence-corrected chi connectivity index (χ0v) is 13.5. The fourth-order valence-corrected chi connectivity index (χ4v) is 2.03. The van der Waals surface area contributed by atoms with Gasteiger partial charge >= 0.3 is 5.97 Å². The van der Waals surface area contributed by atoms with E-state index in [0.29, 0.717) is 11.1 Å². The molecule has 1 rings (SSSR count). The van der Waals surface area contributed by atoms with Crippen molar-refractivity contribution in [2.75, 3.05) is 0 Å². The summed E-state index contributed by atoms with van der Waals surface area (Å²) in [4.78, 5) is 36.2. The van der Waals surface area contributed by atoms with Crippen LogP contribution in [-0.4, -0.2) is 23.1 Å². The van der Waals surface area contributed by atoms with Crippen molar-refractivity contribution in [2.24, 2.45) is 11.7 Å². The molecule has 0 aromatic heterocycles. The number of benzene rings is 1. The molecule has 5 nitrogen and oxygen atoms in total. The fraction of sp³-hybridized carbons (Fsp3) is 0.471. The van der Waals surface area contributed by atoms with Gasteiger partial charge in [0.2, 0.25) is 0 Å². The van der Waals surface area contributed by atoms with Gasteiger partial charge in [0.1, 0.15) is 17.3 Å². The maximum Gasteiger partial charge on any atom is 0.317 e. The summed E-state index contributed by atoms with van der Waals surface area (Å²) in [5, 5.41) is 0. The van der Waals surface area contributed by atoms with Gasteiger partial charge in [0.05, 0.1) is 0 Å². The summed E-state index contributed by atoms with van der Waals surface area (Å²) in [5.41, 5.74) is 6.04. The highest BCUT2D eigenvalue weighted by Gasteiger charge is 2.31. The molecule has 22 heavy (non-hydrogen) atoms. The van der Waals surface area contributed by atoms with Crippen molar-refractivity contribution in [3.05, 3.63) is 35.4 Å². The Morgan fingerprint density at radius 1 is 1.18 bits per heavy atom. The van der Waals surface area contributed by atoms with Gasteiger partial charge in [-0.15, -0.1) is 0 Å². The third-order valence-electron chi connectivity index (χ3n) is 3.11. The smallest absolute Gasteiger partial charge is 0.317 e. The topological polar surface area (TPSA) is 86.5 Å². The molecule has 0 fully saturated rings. The van der Waals surface area contributed by atoms with Crippen LogP contribution in [0.15, 0.2) is 24.3 Å². The van der Waals surface area contributed by atoms with Crippen LogP contribution in [0.2, 0.25) is 0 Å². The Balaban J connectivity index is 2.94. The largest absolute Gasteiger partial charge is 0.459 e. The standard InChI is InChI=1S/C17H23NO4/c1-11(19)14(16(21)22-17(2,3)4)9-15(20)13-8-6-5-7-12(13)10-18/h5-8,14H,9-10,18H2,1-4H3. The lowest BCUT2D eigenvalue weighted by Gasteiger charge is -2.22. The van der Waals surface area contributed by atoms with E-state index in [4.69, 9.17) is 10.5 Å². The second-order valence-electron chi connectivity index (χ2n) is 6.19. The lowest BCUT2D eigenvalue weighted by molar-refractivity contribution is -0.161. The average molecular weight is 305 g/mol. The quantitative estimate of drug-likeness (QED) is 0.495. The van der Waals surface area contributed by atoms with Crippen molar-refractivity contribution in [3.63, 3.8) is 0 Å². The molecule has 5 heteroatoms. The van der Waals surface area contributed by atoms with Gasteiger partial charge in [-0.1, -0.05) is 24.3 Å². The number of Topliss-reactive ketones (excluding diaryl/α,β-unsaturated/α-hetero) is 2. The summed E-state index contributed by atoms with van der Waals surface area (Å²) in [7, 11) is 0. The van der Waals surface area contributed by atoms with E-state index in [9.17, 15) is 14.4 Å². The number of nitrogens with two attached hydrogens (primary N) is 1. The van der Waals surface area contributed by atoms with E-state index in [0.717, 1.165) is 0 Å². The van der Waals surface area contributed by atoms with Crippen LogP contribution in [-0.2, 0) is 20.9 Å². The highest BCUT2D eigenvalue weighted by Crippen LogP contribution is 2.19. The van der Waals surface area contributed by atoms with Crippen LogP contribution in [0.1, 0.15) is 50.0 Å². The Bertz CT molecular complexity index is 572. The Kier molecular flexibility index (Phi) is 6.00. The van der Waals surface area contributed by atoms with Crippen LogP contribution in [0.3, 0.4) is 0 Å². The third-order valence-corrected chi connectivity index (χ3v) is 3.11. The van der Waals surface area contributed by atoms with E-state index >= 15 is 0 Å². The third kappa shape index (κ3) is 5.07. The minimum Gasteiger partial charge on any atom is -0.459 e. The van der Waals surface area contributed by atoms with Crippen molar-refractivity contribution < 1.29 is 19.1 Å². The molecule has 0 bridgehead atoms. The van der Waals surface area contributed by atoms with Crippen LogP contribution in [0, 0.1) is 5.92 Å². The van der Waals surface area contributed by atoms with E-state index in [2.05, 4.69) is 0 Å². The van der Waals surface area contributed by atoms with E-state index in [-0.39, 0.29) is 24.5 Å². The monoisotopic (exact) mass is 305 g/mol. The number of rotatable bonds is 6. The summed E-state index contributed by atoms with van der Waals surface area (Å²) in [6.07, 6.45) is -0.207. The van der Waals surface area contributed by atoms with Gasteiger partial charge in [0, 0.05) is 18.5 Å². The van der Waals surface area contributed by atoms with Crippen molar-refractivity contribution in [2.45, 2.75) is 46.3 Å². The number of carbonyl (C=O) groups is 3. The molecule has 1 aromatic carbocycles. The summed E-state index contributed by atoms with van der Waals surface area (Å²) in [5.74, 6) is -2.42. The van der Waals surface area contributed by atoms with Gasteiger partial charge in [-0.2, -0.15) is 0 Å². The molecule has 0 saturated heterocycles. The van der Waals surface area contributed by atoms with Crippen molar-refractivity contribution in [3.8, 4) is 0 Å². The van der Waals surface area contributed by atoms with E-state index in [1.54, 1.807) is 45.0 Å². The molecular weight excluding hydrogens is 282 g/mol. The molecule has 1 unspecified atom stereocenters. The van der Waals surface area contributed by atoms with Crippen LogP contribution >= 0.6 is 0 Å². The zero-order chi connectivity index (χ0) is 16.9. The Labute approximate surface area is 130 Å². The minimum atomic E-state index is -1.09. The highest BCUT2D eigenvalue weighted by atomic mass is 16.6. The van der Waals surface area contributed by atoms with Crippen molar-refractivity contribution in [1.82, 2.24) is 0 Å². The molecule has 120 valence electrons. The first-order chi connectivity index (χ1) is 10.2. The highest BCUT2D eigenvalue weighted by molar-refractivity contribution is 6.06. The second kappa shape index (κ2) is 7.31. The number of ether oxygens (including phenoxy) is 1. The summed E-state index contributed by atoms with van der Waals surface area (Å²) in [6.45, 7) is 6.66. The number of carbonyl (C=O) groups excluding carboxylic acids is 3. The fourth-order valence-electron chi connectivity index (χ4n) is 2.03. The van der Waals surface area contributed by atoms with Crippen LogP contribution in [0.5, 0.6) is 0 Å². The van der Waals surface area contributed by atoms with Gasteiger partial charge in [-0.05, 0) is 33.3 Å². The van der Waals surface area contributed by atoms with Crippen molar-refractivity contribution in [1.29, 1.82) is 0 Å². The van der Waals surface area contributed by atoms with Gasteiger partial charge < -0.3 is 10.5 Å². The molecule has 0 radical (unpaired) electrons. The first-order valence-electron chi connectivity index (χ1n) is 7.20. The van der Waals surface area contributed by atoms with Gasteiger partial charge in [0.25, 0.3) is 0 Å². The molecule has 2 N–H and O–H groups in total. The van der Waals surface area contributed by atoms with Crippen LogP contribution < -0.4 is 5.73 Å². The Hall–Kier alpha value is -2.01. The molecule has 0 saturated carbocycles. The van der Waals surface area contributed by atoms with E-state index < -0.39 is 17.5 Å². The first-order valence-corrected chi connectivity index (χ1v) is 7.20. The Morgan fingerprint density at radius 3 is 2.27 bits per heavy atom. The predicted molar refractivity (Wildman–Crippen MR) is 83.3 cm³/mol. The number of esters is 1. The lowest BCUT2D eigenvalue weighted by atomic mass is 9.93. The Morgan fingerprint density at radius 2 is 1.77 bits per heavy atom. The first kappa shape index (κ1) is 18.0. The molecular formula is C17H23NO4. The van der Waals surface area contributed by atoms with E-state index in [1.165, 1.54) is 6.92 Å². The summed E-state index contributed by atoms with van der Waals surface area (Å²) < 4.78 is 5.22. The summed E-state index contributed by atoms with van der Waals surface area (Å²) in [6, 6.07) is 6.91. The van der Waals surface area contributed by atoms with E-state index in [1.807, 2.05) is 0 Å². The van der Waals surface area contributed by atoms with Gasteiger partial charge in [0.15, 0.2) is 5.78 Å².